The summed E-state index contributed by atoms with van der Waals surface area (Å²) in [7, 11) is 0. The third kappa shape index (κ3) is 1.82. The van der Waals surface area contributed by atoms with Gasteiger partial charge >= 0.3 is 5.97 Å². The Bertz CT molecular complexity index is 842. The SMILES string of the molecule is C[C@]12CCC(=O)C=C1[C@H](CO)CC1C2C=C[C@@]2(C)C1[C@@H]1CC1[C@@]21CCC(=O)O1. The molecular weight excluding hydrogens is 352 g/mol. The highest BCUT2D eigenvalue weighted by Gasteiger charge is 2.78. The maximum Gasteiger partial charge on any atom is 0.306 e. The zero-order valence-corrected chi connectivity index (χ0v) is 16.8. The molecule has 0 aromatic carbocycles. The van der Waals surface area contributed by atoms with Crippen LogP contribution < -0.4 is 0 Å². The van der Waals surface area contributed by atoms with Crippen LogP contribution in [0.1, 0.15) is 52.4 Å². The van der Waals surface area contributed by atoms with E-state index in [1.807, 2.05) is 6.08 Å². The zero-order chi connectivity index (χ0) is 19.5. The predicted octanol–water partition coefficient (Wildman–Crippen LogP) is 3.44. The maximum atomic E-state index is 12.2. The minimum Gasteiger partial charge on any atom is -0.458 e. The third-order valence-corrected chi connectivity index (χ3v) is 9.89. The Kier molecular flexibility index (Phi) is 3.23. The van der Waals surface area contributed by atoms with Crippen molar-refractivity contribution in [2.75, 3.05) is 6.61 Å². The largest absolute Gasteiger partial charge is 0.458 e. The van der Waals surface area contributed by atoms with E-state index in [2.05, 4.69) is 26.0 Å². The summed E-state index contributed by atoms with van der Waals surface area (Å²) in [6, 6.07) is 0. The second-order valence-electron chi connectivity index (χ2n) is 10.8. The minimum atomic E-state index is -0.296. The Labute approximate surface area is 166 Å². The number of hydrogen-bond acceptors (Lipinski definition) is 4. The van der Waals surface area contributed by atoms with E-state index in [9.17, 15) is 14.7 Å². The Morgan fingerprint density at radius 1 is 1.14 bits per heavy atom. The number of fused-ring (bicyclic) bond motifs is 9. The molecule has 1 heterocycles. The van der Waals surface area contributed by atoms with Gasteiger partial charge in [0.1, 0.15) is 5.60 Å². The lowest BCUT2D eigenvalue weighted by Gasteiger charge is -2.58. The van der Waals surface area contributed by atoms with Crippen LogP contribution in [-0.4, -0.2) is 29.1 Å². The topological polar surface area (TPSA) is 63.6 Å². The Morgan fingerprint density at radius 3 is 2.68 bits per heavy atom. The molecule has 1 saturated heterocycles. The van der Waals surface area contributed by atoms with Crippen LogP contribution in [0.15, 0.2) is 23.8 Å². The number of aliphatic hydroxyl groups excluding tert-OH is 1. The van der Waals surface area contributed by atoms with E-state index in [1.165, 1.54) is 12.0 Å². The summed E-state index contributed by atoms with van der Waals surface area (Å²) in [4.78, 5) is 24.3. The van der Waals surface area contributed by atoms with Crippen LogP contribution >= 0.6 is 0 Å². The number of ether oxygens (including phenoxy) is 1. The number of esters is 1. The van der Waals surface area contributed by atoms with Gasteiger partial charge in [-0.15, -0.1) is 0 Å². The minimum absolute atomic E-state index is 0.0251. The van der Waals surface area contributed by atoms with Crippen molar-refractivity contribution in [2.45, 2.75) is 58.0 Å². The Morgan fingerprint density at radius 2 is 1.96 bits per heavy atom. The number of allylic oxidation sites excluding steroid dienone is 2. The van der Waals surface area contributed by atoms with Crippen molar-refractivity contribution in [1.29, 1.82) is 0 Å². The first-order valence-electron chi connectivity index (χ1n) is 11.1. The molecule has 3 saturated carbocycles. The second kappa shape index (κ2) is 5.19. The van der Waals surface area contributed by atoms with Crippen molar-refractivity contribution in [3.63, 3.8) is 0 Å². The first-order chi connectivity index (χ1) is 13.3. The van der Waals surface area contributed by atoms with Crippen molar-refractivity contribution < 1.29 is 19.4 Å². The molecule has 0 bridgehead atoms. The van der Waals surface area contributed by atoms with Crippen LogP contribution in [0, 0.1) is 46.3 Å². The number of ketones is 1. The molecule has 6 aliphatic rings. The smallest absolute Gasteiger partial charge is 0.306 e. The Balaban J connectivity index is 1.47. The highest BCUT2D eigenvalue weighted by Crippen LogP contribution is 2.78. The summed E-state index contributed by atoms with van der Waals surface area (Å²) in [5.41, 5.74) is 0.771. The lowest BCUT2D eigenvalue weighted by atomic mass is 9.46. The first kappa shape index (κ1) is 17.4. The molecule has 0 aromatic rings. The summed E-state index contributed by atoms with van der Waals surface area (Å²) in [6.45, 7) is 4.78. The van der Waals surface area contributed by atoms with Crippen LogP contribution in [0.2, 0.25) is 0 Å². The fraction of sp³-hybridized carbons (Fsp3) is 0.750. The van der Waals surface area contributed by atoms with Gasteiger partial charge in [-0.25, -0.2) is 0 Å². The van der Waals surface area contributed by atoms with E-state index in [0.717, 1.165) is 19.3 Å². The van der Waals surface area contributed by atoms with E-state index in [1.54, 1.807) is 0 Å². The molecule has 9 atom stereocenters. The molecule has 1 aliphatic heterocycles. The molecule has 0 aromatic heterocycles. The van der Waals surface area contributed by atoms with Crippen molar-refractivity contribution in [3.8, 4) is 0 Å². The highest BCUT2D eigenvalue weighted by atomic mass is 16.6. The summed E-state index contributed by atoms with van der Waals surface area (Å²) in [6.07, 6.45) is 11.7. The van der Waals surface area contributed by atoms with Gasteiger partial charge in [0.15, 0.2) is 5.78 Å². The maximum absolute atomic E-state index is 12.2. The quantitative estimate of drug-likeness (QED) is 0.557. The van der Waals surface area contributed by atoms with Gasteiger partial charge in [0, 0.05) is 36.7 Å². The average Bonchev–Trinajstić information content (AvgIpc) is 3.30. The molecule has 5 aliphatic carbocycles. The van der Waals surface area contributed by atoms with Crippen LogP contribution in [0.25, 0.3) is 0 Å². The van der Waals surface area contributed by atoms with E-state index in [4.69, 9.17) is 4.74 Å². The van der Waals surface area contributed by atoms with Crippen molar-refractivity contribution in [3.05, 3.63) is 23.8 Å². The van der Waals surface area contributed by atoms with Gasteiger partial charge in [0.25, 0.3) is 0 Å². The lowest BCUT2D eigenvalue weighted by molar-refractivity contribution is -0.162. The van der Waals surface area contributed by atoms with Crippen LogP contribution in [0.5, 0.6) is 0 Å². The fourth-order valence-electron chi connectivity index (χ4n) is 8.68. The molecule has 4 nitrogen and oxygen atoms in total. The van der Waals surface area contributed by atoms with E-state index in [-0.39, 0.29) is 40.7 Å². The number of carbonyl (C=O) groups excluding carboxylic acids is 2. The molecule has 0 radical (unpaired) electrons. The van der Waals surface area contributed by atoms with E-state index in [0.29, 0.717) is 42.4 Å². The predicted molar refractivity (Wildman–Crippen MR) is 103 cm³/mol. The van der Waals surface area contributed by atoms with Crippen molar-refractivity contribution in [1.82, 2.24) is 0 Å². The van der Waals surface area contributed by atoms with Crippen LogP contribution in [-0.2, 0) is 14.3 Å². The van der Waals surface area contributed by atoms with Crippen molar-refractivity contribution >= 4 is 11.8 Å². The molecule has 6 rings (SSSR count). The molecule has 28 heavy (non-hydrogen) atoms. The second-order valence-corrected chi connectivity index (χ2v) is 10.8. The Hall–Kier alpha value is -1.42. The van der Waals surface area contributed by atoms with E-state index >= 15 is 0 Å². The number of carbonyl (C=O) groups is 2. The monoisotopic (exact) mass is 382 g/mol. The van der Waals surface area contributed by atoms with Gasteiger partial charge in [0.2, 0.25) is 0 Å². The molecule has 4 heteroatoms. The summed E-state index contributed by atoms with van der Waals surface area (Å²) >= 11 is 0. The first-order valence-corrected chi connectivity index (χ1v) is 11.1. The highest BCUT2D eigenvalue weighted by molar-refractivity contribution is 5.91. The summed E-state index contributed by atoms with van der Waals surface area (Å²) in [5.74, 6) is 2.87. The molecule has 4 fully saturated rings. The van der Waals surface area contributed by atoms with Crippen LogP contribution in [0.4, 0.5) is 0 Å². The molecule has 1 spiro atoms. The van der Waals surface area contributed by atoms with Gasteiger partial charge < -0.3 is 9.84 Å². The lowest BCUT2D eigenvalue weighted by Crippen LogP contribution is -2.56. The average molecular weight is 383 g/mol. The van der Waals surface area contributed by atoms with E-state index < -0.39 is 0 Å². The number of aliphatic hydroxyl groups is 1. The van der Waals surface area contributed by atoms with Gasteiger partial charge in [0.05, 0.1) is 0 Å². The molecule has 4 unspecified atom stereocenters. The summed E-state index contributed by atoms with van der Waals surface area (Å²) in [5, 5.41) is 10.2. The van der Waals surface area contributed by atoms with Crippen LogP contribution in [0.3, 0.4) is 0 Å². The third-order valence-electron chi connectivity index (χ3n) is 9.89. The van der Waals surface area contributed by atoms with Crippen molar-refractivity contribution in [2.24, 2.45) is 46.3 Å². The normalized spacial score (nSPS) is 55.9. The molecular formula is C24H30O4. The van der Waals surface area contributed by atoms with Gasteiger partial charge in [-0.05, 0) is 60.8 Å². The molecule has 1 N–H and O–H groups in total. The molecule has 0 amide bonds. The number of rotatable bonds is 1. The molecule has 150 valence electrons. The standard InChI is InChI=1S/C24H30O4/c1-22-6-3-14(26)10-18(22)13(12-25)9-15-17(22)4-7-23(2)21(15)16-11-19(16)24(23)8-5-20(27)28-24/h4,7,10,13,15-17,19,21,25H,3,5-6,8-9,11-12H2,1-2H3/t13-,15?,16+,17?,19?,21?,22+,23-,24-/m0/s1. The van der Waals surface area contributed by atoms with Gasteiger partial charge in [-0.2, -0.15) is 0 Å². The zero-order valence-electron chi connectivity index (χ0n) is 16.8. The van der Waals surface area contributed by atoms with Gasteiger partial charge in [-0.3, -0.25) is 9.59 Å². The number of hydrogen-bond donors (Lipinski definition) is 1. The summed E-state index contributed by atoms with van der Waals surface area (Å²) < 4.78 is 6.12. The van der Waals surface area contributed by atoms with Gasteiger partial charge in [-0.1, -0.05) is 31.6 Å². The fourth-order valence-corrected chi connectivity index (χ4v) is 8.68.